The molecule has 0 amide bonds. The van der Waals surface area contributed by atoms with Crippen LogP contribution in [0, 0.1) is 6.92 Å². The van der Waals surface area contributed by atoms with Gasteiger partial charge in [-0.2, -0.15) is 0 Å². The van der Waals surface area contributed by atoms with Crippen molar-refractivity contribution in [3.63, 3.8) is 0 Å². The lowest BCUT2D eigenvalue weighted by atomic mass is 10.1. The maximum absolute atomic E-state index is 11.5. The number of hydrogen-bond donors (Lipinski definition) is 0. The molecule has 0 aliphatic heterocycles. The van der Waals surface area contributed by atoms with Gasteiger partial charge in [0.05, 0.1) is 7.11 Å². The average Bonchev–Trinajstić information content (AvgIpc) is 2.84. The second kappa shape index (κ2) is 5.74. The van der Waals surface area contributed by atoms with Gasteiger partial charge >= 0.3 is 5.97 Å². The molecule has 100 valence electrons. The van der Waals surface area contributed by atoms with E-state index in [9.17, 15) is 4.79 Å². The van der Waals surface area contributed by atoms with Crippen LogP contribution in [-0.2, 0) is 16.1 Å². The minimum Gasteiger partial charge on any atom is -0.466 e. The molecular weight excluding hydrogens is 238 g/mol. The van der Waals surface area contributed by atoms with E-state index in [0.717, 1.165) is 5.57 Å². The Bertz CT molecular complexity index is 623. The number of methoxy groups -OCH3 is 1. The highest BCUT2D eigenvalue weighted by molar-refractivity contribution is 5.88. The predicted molar refractivity (Wildman–Crippen MR) is 77.1 cm³/mol. The second-order valence-corrected chi connectivity index (χ2v) is 4.55. The Morgan fingerprint density at radius 2 is 2.16 bits per heavy atom. The molecule has 2 aromatic rings. The fourth-order valence-corrected chi connectivity index (χ4v) is 2.25. The molecule has 0 saturated carbocycles. The molecule has 0 aliphatic rings. The fourth-order valence-electron chi connectivity index (χ4n) is 2.25. The van der Waals surface area contributed by atoms with Gasteiger partial charge in [-0.15, -0.1) is 0 Å². The van der Waals surface area contributed by atoms with Crippen molar-refractivity contribution in [1.82, 2.24) is 4.57 Å². The highest BCUT2D eigenvalue weighted by Gasteiger charge is 2.07. The number of hydrogen-bond acceptors (Lipinski definition) is 2. The zero-order valence-corrected chi connectivity index (χ0v) is 11.6. The van der Waals surface area contributed by atoms with E-state index in [1.807, 2.05) is 13.0 Å². The first kappa shape index (κ1) is 13.4. The van der Waals surface area contributed by atoms with Crippen molar-refractivity contribution >= 4 is 16.9 Å². The monoisotopic (exact) mass is 257 g/mol. The molecular formula is C16H19NO2. The molecule has 0 unspecified atom stereocenters. The van der Waals surface area contributed by atoms with E-state index in [0.29, 0.717) is 13.0 Å². The van der Waals surface area contributed by atoms with Crippen LogP contribution in [0.3, 0.4) is 0 Å². The number of benzene rings is 1. The molecule has 0 N–H and O–H groups in total. The molecule has 0 fully saturated rings. The summed E-state index contributed by atoms with van der Waals surface area (Å²) in [6.45, 7) is 4.75. The zero-order valence-electron chi connectivity index (χ0n) is 11.6. The van der Waals surface area contributed by atoms with Crippen LogP contribution < -0.4 is 0 Å². The number of ether oxygens (including phenoxy) is 1. The quantitative estimate of drug-likeness (QED) is 0.620. The van der Waals surface area contributed by atoms with Crippen LogP contribution in [-0.4, -0.2) is 17.6 Å². The normalized spacial score (nSPS) is 11.8. The molecule has 19 heavy (non-hydrogen) atoms. The largest absolute Gasteiger partial charge is 0.466 e. The molecule has 0 saturated heterocycles. The Morgan fingerprint density at radius 3 is 2.84 bits per heavy atom. The molecule has 1 aromatic heterocycles. The van der Waals surface area contributed by atoms with E-state index in [4.69, 9.17) is 4.74 Å². The number of carbonyl (C=O) groups is 1. The van der Waals surface area contributed by atoms with Crippen molar-refractivity contribution in [3.05, 3.63) is 47.7 Å². The van der Waals surface area contributed by atoms with Gasteiger partial charge in [0.2, 0.25) is 0 Å². The number of nitrogens with zero attached hydrogens (tertiary/aromatic N) is 1. The van der Waals surface area contributed by atoms with Gasteiger partial charge < -0.3 is 9.30 Å². The summed E-state index contributed by atoms with van der Waals surface area (Å²) in [4.78, 5) is 11.5. The predicted octanol–water partition coefficient (Wildman–Crippen LogP) is 3.46. The molecule has 3 heteroatoms. The van der Waals surface area contributed by atoms with E-state index < -0.39 is 0 Å². The van der Waals surface area contributed by atoms with E-state index in [-0.39, 0.29) is 5.97 Å². The molecule has 0 radical (unpaired) electrons. The summed E-state index contributed by atoms with van der Waals surface area (Å²) in [6.07, 6.45) is 4.68. The van der Waals surface area contributed by atoms with Crippen molar-refractivity contribution in [2.45, 2.75) is 26.8 Å². The summed E-state index contributed by atoms with van der Waals surface area (Å²) in [6, 6.07) is 8.37. The van der Waals surface area contributed by atoms with Gasteiger partial charge in [0.1, 0.15) is 0 Å². The maximum atomic E-state index is 11.5. The van der Waals surface area contributed by atoms with Crippen molar-refractivity contribution in [1.29, 1.82) is 0 Å². The first-order chi connectivity index (χ1) is 9.17. The van der Waals surface area contributed by atoms with Crippen LogP contribution in [0.25, 0.3) is 10.9 Å². The van der Waals surface area contributed by atoms with Gasteiger partial charge in [0.15, 0.2) is 0 Å². The first-order valence-electron chi connectivity index (χ1n) is 6.49. The van der Waals surface area contributed by atoms with E-state index >= 15 is 0 Å². The number of allylic oxidation sites excluding steroid dienone is 1. The number of esters is 1. The summed E-state index contributed by atoms with van der Waals surface area (Å²) in [5.74, 6) is -0.241. The van der Waals surface area contributed by atoms with Crippen LogP contribution in [0.1, 0.15) is 18.9 Å². The molecule has 3 nitrogen and oxygen atoms in total. The highest BCUT2D eigenvalue weighted by atomic mass is 16.5. The highest BCUT2D eigenvalue weighted by Crippen LogP contribution is 2.19. The Labute approximate surface area is 113 Å². The van der Waals surface area contributed by atoms with Crippen LogP contribution >= 0.6 is 0 Å². The molecule has 2 rings (SSSR count). The number of fused-ring (bicyclic) bond motifs is 1. The van der Waals surface area contributed by atoms with E-state index in [1.165, 1.54) is 23.6 Å². The summed E-state index contributed by atoms with van der Waals surface area (Å²) < 4.78 is 6.90. The first-order valence-corrected chi connectivity index (χ1v) is 6.49. The molecule has 0 atom stereocenters. The van der Waals surface area contributed by atoms with Gasteiger partial charge in [-0.25, -0.2) is 4.79 Å². The van der Waals surface area contributed by atoms with Crippen molar-refractivity contribution in [2.75, 3.05) is 7.11 Å². The van der Waals surface area contributed by atoms with Crippen LogP contribution in [0.2, 0.25) is 0 Å². The fraction of sp³-hybridized carbons (Fsp3) is 0.312. The van der Waals surface area contributed by atoms with Gasteiger partial charge in [-0.3, -0.25) is 0 Å². The third-order valence-corrected chi connectivity index (χ3v) is 3.39. The summed E-state index contributed by atoms with van der Waals surface area (Å²) in [7, 11) is 1.42. The number of rotatable bonds is 4. The zero-order chi connectivity index (χ0) is 13.8. The smallest absolute Gasteiger partial charge is 0.333 e. The number of aryl methyl sites for hydroxylation is 1. The summed E-state index contributed by atoms with van der Waals surface area (Å²) in [5, 5.41) is 1.26. The Kier molecular flexibility index (Phi) is 4.05. The van der Waals surface area contributed by atoms with Crippen LogP contribution in [0.4, 0.5) is 0 Å². The van der Waals surface area contributed by atoms with Crippen LogP contribution in [0.15, 0.2) is 42.1 Å². The van der Waals surface area contributed by atoms with Gasteiger partial charge in [0.25, 0.3) is 0 Å². The molecule has 0 bridgehead atoms. The Morgan fingerprint density at radius 1 is 1.37 bits per heavy atom. The Balaban J connectivity index is 2.29. The number of aromatic nitrogens is 1. The lowest BCUT2D eigenvalue weighted by Crippen LogP contribution is -2.05. The van der Waals surface area contributed by atoms with Gasteiger partial charge in [-0.1, -0.05) is 25.1 Å². The van der Waals surface area contributed by atoms with E-state index in [2.05, 4.69) is 42.0 Å². The number of carbonyl (C=O) groups excluding carboxylic acids is 1. The van der Waals surface area contributed by atoms with Gasteiger partial charge in [0, 0.05) is 29.2 Å². The topological polar surface area (TPSA) is 31.2 Å². The van der Waals surface area contributed by atoms with Gasteiger partial charge in [-0.05, 0) is 31.0 Å². The summed E-state index contributed by atoms with van der Waals surface area (Å²) >= 11 is 0. The molecule has 1 heterocycles. The third kappa shape index (κ3) is 2.70. The summed E-state index contributed by atoms with van der Waals surface area (Å²) in [5.41, 5.74) is 3.18. The lowest BCUT2D eigenvalue weighted by Gasteiger charge is -2.05. The minimum absolute atomic E-state index is 0.241. The second-order valence-electron chi connectivity index (χ2n) is 4.55. The molecule has 0 aliphatic carbocycles. The standard InChI is InChI=1S/C16H19NO2/c1-4-13(16(18)19-3)8-10-17-11-9-14-12(2)6-5-7-15(14)17/h5-9,11H,4,10H2,1-3H3. The van der Waals surface area contributed by atoms with Crippen molar-refractivity contribution in [2.24, 2.45) is 0 Å². The van der Waals surface area contributed by atoms with Crippen molar-refractivity contribution < 1.29 is 9.53 Å². The third-order valence-electron chi connectivity index (χ3n) is 3.39. The van der Waals surface area contributed by atoms with E-state index in [1.54, 1.807) is 0 Å². The molecule has 1 aromatic carbocycles. The minimum atomic E-state index is -0.241. The van der Waals surface area contributed by atoms with Crippen LogP contribution in [0.5, 0.6) is 0 Å². The lowest BCUT2D eigenvalue weighted by molar-refractivity contribution is -0.136. The SMILES string of the molecule is CCC(=CCn1ccc2c(C)cccc21)C(=O)OC. The Hall–Kier alpha value is -2.03. The maximum Gasteiger partial charge on any atom is 0.333 e. The molecule has 0 spiro atoms. The average molecular weight is 257 g/mol. The van der Waals surface area contributed by atoms with Crippen molar-refractivity contribution in [3.8, 4) is 0 Å².